The molecule has 1 aliphatic heterocycles. The van der Waals surface area contributed by atoms with Gasteiger partial charge in [-0.3, -0.25) is 0 Å². The molecule has 0 aromatic rings. The third kappa shape index (κ3) is 8.16. The van der Waals surface area contributed by atoms with Crippen molar-refractivity contribution in [1.82, 2.24) is 10.6 Å². The van der Waals surface area contributed by atoms with Gasteiger partial charge in [0.25, 0.3) is 0 Å². The summed E-state index contributed by atoms with van der Waals surface area (Å²) in [5, 5.41) is 14.3. The molecule has 2 atom stereocenters. The van der Waals surface area contributed by atoms with E-state index in [1.165, 1.54) is 18.6 Å². The van der Waals surface area contributed by atoms with Crippen molar-refractivity contribution >= 4 is 23.8 Å². The predicted molar refractivity (Wildman–Crippen MR) is 83.8 cm³/mol. The smallest absolute Gasteiger partial charge is 0.332 e. The molecule has 0 aromatic carbocycles. The van der Waals surface area contributed by atoms with Gasteiger partial charge in [0.1, 0.15) is 0 Å². The number of unbranched alkanes of at least 4 members (excludes halogenated alkanes) is 3. The maximum Gasteiger partial charge on any atom is 0.332 e. The summed E-state index contributed by atoms with van der Waals surface area (Å²) in [7, 11) is 0. The zero-order chi connectivity index (χ0) is 15.5. The Morgan fingerprint density at radius 1 is 1.19 bits per heavy atom. The standard InChI is InChI=1S/C14H26N2O4S/c1-21-9-5-3-2-4-8-15-14(19)16-10-11-6-7-12(20-11)13(17)18/h11-12H,2-10H2,1H3,(H,17,18)(H2,15,16,19). The van der Waals surface area contributed by atoms with Gasteiger partial charge in [0.15, 0.2) is 6.10 Å². The second-order valence-corrected chi connectivity index (χ2v) is 6.19. The average molecular weight is 318 g/mol. The third-order valence-electron chi connectivity index (χ3n) is 3.43. The van der Waals surface area contributed by atoms with E-state index in [1.54, 1.807) is 0 Å². The van der Waals surface area contributed by atoms with Gasteiger partial charge in [0.05, 0.1) is 6.10 Å². The van der Waals surface area contributed by atoms with Crippen LogP contribution in [0.1, 0.15) is 38.5 Å². The molecule has 1 saturated heterocycles. The summed E-state index contributed by atoms with van der Waals surface area (Å²) < 4.78 is 5.31. The molecule has 0 saturated carbocycles. The molecule has 1 fully saturated rings. The number of amides is 2. The first-order valence-electron chi connectivity index (χ1n) is 7.52. The van der Waals surface area contributed by atoms with Crippen molar-refractivity contribution in [2.24, 2.45) is 0 Å². The maximum absolute atomic E-state index is 11.6. The van der Waals surface area contributed by atoms with Crippen LogP contribution in [0.3, 0.4) is 0 Å². The Hall–Kier alpha value is -0.950. The number of carboxylic acid groups (broad SMARTS) is 1. The van der Waals surface area contributed by atoms with Gasteiger partial charge in [-0.15, -0.1) is 0 Å². The summed E-state index contributed by atoms with van der Waals surface area (Å²) in [5.74, 6) is 0.274. The molecule has 3 N–H and O–H groups in total. The van der Waals surface area contributed by atoms with Crippen LogP contribution in [0.25, 0.3) is 0 Å². The number of thioether (sulfide) groups is 1. The number of urea groups is 1. The van der Waals surface area contributed by atoms with Crippen molar-refractivity contribution < 1.29 is 19.4 Å². The number of carbonyl (C=O) groups excluding carboxylic acids is 1. The van der Waals surface area contributed by atoms with Crippen LogP contribution in [0.2, 0.25) is 0 Å². The van der Waals surface area contributed by atoms with Gasteiger partial charge < -0.3 is 20.5 Å². The first-order chi connectivity index (χ1) is 10.1. The highest BCUT2D eigenvalue weighted by Crippen LogP contribution is 2.19. The van der Waals surface area contributed by atoms with Gasteiger partial charge >= 0.3 is 12.0 Å². The Bertz CT molecular complexity index is 328. The van der Waals surface area contributed by atoms with Gasteiger partial charge in [-0.2, -0.15) is 11.8 Å². The van der Waals surface area contributed by atoms with E-state index in [-0.39, 0.29) is 12.1 Å². The van der Waals surface area contributed by atoms with Crippen LogP contribution in [0.5, 0.6) is 0 Å². The number of carboxylic acids is 1. The Labute approximate surface area is 130 Å². The molecule has 0 aliphatic carbocycles. The molecule has 6 nitrogen and oxygen atoms in total. The number of rotatable bonds is 10. The molecule has 1 aliphatic rings. The summed E-state index contributed by atoms with van der Waals surface area (Å²) >= 11 is 1.86. The fourth-order valence-electron chi connectivity index (χ4n) is 2.23. The number of nitrogens with one attached hydrogen (secondary N) is 2. The summed E-state index contributed by atoms with van der Waals surface area (Å²) in [6, 6.07) is -0.207. The molecule has 7 heteroatoms. The minimum absolute atomic E-state index is 0.191. The van der Waals surface area contributed by atoms with Crippen LogP contribution in [0, 0.1) is 0 Å². The summed E-state index contributed by atoms with van der Waals surface area (Å²) in [6.45, 7) is 1.04. The van der Waals surface area contributed by atoms with Gasteiger partial charge in [-0.1, -0.05) is 12.8 Å². The summed E-state index contributed by atoms with van der Waals surface area (Å²) in [5.41, 5.74) is 0. The summed E-state index contributed by atoms with van der Waals surface area (Å²) in [4.78, 5) is 22.3. The lowest BCUT2D eigenvalue weighted by Crippen LogP contribution is -2.40. The molecule has 0 bridgehead atoms. The number of ether oxygens (including phenoxy) is 1. The van der Waals surface area contributed by atoms with Crippen LogP contribution < -0.4 is 10.6 Å². The lowest BCUT2D eigenvalue weighted by molar-refractivity contribution is -0.149. The number of hydrogen-bond donors (Lipinski definition) is 3. The van der Waals surface area contributed by atoms with Crippen molar-refractivity contribution in [2.75, 3.05) is 25.1 Å². The monoisotopic (exact) mass is 318 g/mol. The van der Waals surface area contributed by atoms with Crippen LogP contribution >= 0.6 is 11.8 Å². The fraction of sp³-hybridized carbons (Fsp3) is 0.857. The number of carbonyl (C=O) groups is 2. The van der Waals surface area contributed by atoms with E-state index in [9.17, 15) is 9.59 Å². The number of aliphatic carboxylic acids is 1. The lowest BCUT2D eigenvalue weighted by atomic mass is 10.2. The lowest BCUT2D eigenvalue weighted by Gasteiger charge is -2.13. The van der Waals surface area contributed by atoms with Crippen molar-refractivity contribution in [3.05, 3.63) is 0 Å². The first-order valence-corrected chi connectivity index (χ1v) is 8.91. The molecule has 0 spiro atoms. The van der Waals surface area contributed by atoms with Crippen LogP contribution in [-0.2, 0) is 9.53 Å². The van der Waals surface area contributed by atoms with Crippen molar-refractivity contribution in [1.29, 1.82) is 0 Å². The van der Waals surface area contributed by atoms with E-state index >= 15 is 0 Å². The van der Waals surface area contributed by atoms with Crippen LogP contribution in [-0.4, -0.2) is 54.4 Å². The van der Waals surface area contributed by atoms with Crippen molar-refractivity contribution in [2.45, 2.75) is 50.7 Å². The Morgan fingerprint density at radius 3 is 2.62 bits per heavy atom. The Kier molecular flexibility index (Phi) is 9.25. The quantitative estimate of drug-likeness (QED) is 0.535. The van der Waals surface area contributed by atoms with Crippen LogP contribution in [0.4, 0.5) is 4.79 Å². The second kappa shape index (κ2) is 10.7. The van der Waals surface area contributed by atoms with E-state index < -0.39 is 12.1 Å². The molecule has 0 aromatic heterocycles. The Morgan fingerprint density at radius 2 is 1.95 bits per heavy atom. The van der Waals surface area contributed by atoms with E-state index in [4.69, 9.17) is 9.84 Å². The van der Waals surface area contributed by atoms with E-state index in [0.29, 0.717) is 25.9 Å². The second-order valence-electron chi connectivity index (χ2n) is 5.21. The van der Waals surface area contributed by atoms with Gasteiger partial charge in [0.2, 0.25) is 0 Å². The third-order valence-corrected chi connectivity index (χ3v) is 4.13. The molecule has 0 radical (unpaired) electrons. The highest BCUT2D eigenvalue weighted by atomic mass is 32.2. The van der Waals surface area contributed by atoms with Crippen molar-refractivity contribution in [3.63, 3.8) is 0 Å². The molecule has 2 unspecified atom stereocenters. The highest BCUT2D eigenvalue weighted by Gasteiger charge is 2.30. The first kappa shape index (κ1) is 18.1. The molecule has 122 valence electrons. The maximum atomic E-state index is 11.6. The van der Waals surface area contributed by atoms with Crippen molar-refractivity contribution in [3.8, 4) is 0 Å². The largest absolute Gasteiger partial charge is 0.479 e. The van der Waals surface area contributed by atoms with Gasteiger partial charge in [-0.05, 0) is 37.7 Å². The molecule has 1 heterocycles. The zero-order valence-corrected chi connectivity index (χ0v) is 13.4. The number of hydrogen-bond acceptors (Lipinski definition) is 4. The molecule has 1 rings (SSSR count). The molecule has 2 amide bonds. The minimum Gasteiger partial charge on any atom is -0.479 e. The minimum atomic E-state index is -0.927. The van der Waals surface area contributed by atoms with Crippen LogP contribution in [0.15, 0.2) is 0 Å². The van der Waals surface area contributed by atoms with Gasteiger partial charge in [-0.25, -0.2) is 9.59 Å². The normalized spacial score (nSPS) is 21.2. The molecular weight excluding hydrogens is 292 g/mol. The Balaban J connectivity index is 1.96. The summed E-state index contributed by atoms with van der Waals surface area (Å²) in [6.07, 6.45) is 6.94. The SMILES string of the molecule is CSCCCCCCNC(=O)NCC1CCC(C(=O)O)O1. The fourth-order valence-corrected chi connectivity index (χ4v) is 2.73. The topological polar surface area (TPSA) is 87.7 Å². The average Bonchev–Trinajstić information content (AvgIpc) is 2.93. The highest BCUT2D eigenvalue weighted by molar-refractivity contribution is 7.98. The van der Waals surface area contributed by atoms with E-state index in [1.807, 2.05) is 11.8 Å². The zero-order valence-electron chi connectivity index (χ0n) is 12.6. The predicted octanol–water partition coefficient (Wildman–Crippen LogP) is 1.84. The van der Waals surface area contributed by atoms with Gasteiger partial charge in [0, 0.05) is 13.1 Å². The van der Waals surface area contributed by atoms with E-state index in [0.717, 1.165) is 12.8 Å². The van der Waals surface area contributed by atoms with E-state index in [2.05, 4.69) is 16.9 Å². The molecular formula is C14H26N2O4S. The molecule has 21 heavy (non-hydrogen) atoms.